The Balaban J connectivity index is 1.80. The maximum atomic E-state index is 12.6. The summed E-state index contributed by atoms with van der Waals surface area (Å²) in [4.78, 5) is 16.3. The monoisotopic (exact) mass is 307 g/mol. The first kappa shape index (κ1) is 16.5. The quantitative estimate of drug-likeness (QED) is 0.839. The van der Waals surface area contributed by atoms with Crippen molar-refractivity contribution >= 4 is 5.91 Å². The summed E-state index contributed by atoms with van der Waals surface area (Å²) in [5.74, 6) is -1.35. The number of carbonyl (C=O) groups excluding carboxylic acids is 1. The summed E-state index contributed by atoms with van der Waals surface area (Å²) in [5.41, 5.74) is 0. The average Bonchev–Trinajstić information content (AvgIpc) is 2.46. The zero-order chi connectivity index (χ0) is 15.6. The normalized spacial score (nSPS) is 29.0. The second-order valence-electron chi connectivity index (χ2n) is 6.30. The van der Waals surface area contributed by atoms with Crippen molar-refractivity contribution in [3.05, 3.63) is 0 Å². The first-order chi connectivity index (χ1) is 9.79. The van der Waals surface area contributed by atoms with Crippen LogP contribution in [0.4, 0.5) is 13.2 Å². The van der Waals surface area contributed by atoms with E-state index >= 15 is 0 Å². The first-order valence-electron chi connectivity index (χ1n) is 7.54. The molecule has 4 nitrogen and oxygen atoms in total. The van der Waals surface area contributed by atoms with Crippen LogP contribution in [0.25, 0.3) is 0 Å². The van der Waals surface area contributed by atoms with Gasteiger partial charge in [-0.25, -0.2) is 0 Å². The molecule has 2 rings (SSSR count). The molecule has 0 saturated carbocycles. The number of piperidine rings is 2. The second-order valence-corrected chi connectivity index (χ2v) is 6.30. The summed E-state index contributed by atoms with van der Waals surface area (Å²) >= 11 is 0. The molecule has 1 N–H and O–H groups in total. The molecule has 1 amide bonds. The minimum Gasteiger partial charge on any atom is -0.341 e. The minimum atomic E-state index is -4.16. The van der Waals surface area contributed by atoms with E-state index in [4.69, 9.17) is 0 Å². The number of nitrogens with zero attached hydrogens (tertiary/aromatic N) is 2. The highest BCUT2D eigenvalue weighted by atomic mass is 19.4. The second kappa shape index (κ2) is 6.52. The first-order valence-corrected chi connectivity index (χ1v) is 7.54. The molecule has 7 heteroatoms. The maximum Gasteiger partial charge on any atom is 0.393 e. The van der Waals surface area contributed by atoms with E-state index in [1.54, 1.807) is 4.90 Å². The molecular formula is C14H24F3N3O. The number of rotatable bonds is 2. The van der Waals surface area contributed by atoms with Crippen LogP contribution in [0.15, 0.2) is 0 Å². The summed E-state index contributed by atoms with van der Waals surface area (Å²) in [6.07, 6.45) is -1.99. The molecule has 21 heavy (non-hydrogen) atoms. The van der Waals surface area contributed by atoms with Crippen LogP contribution in [0.1, 0.15) is 25.7 Å². The fourth-order valence-corrected chi connectivity index (χ4v) is 3.17. The summed E-state index contributed by atoms with van der Waals surface area (Å²) in [7, 11) is 4.06. The third kappa shape index (κ3) is 4.10. The van der Waals surface area contributed by atoms with Crippen molar-refractivity contribution in [2.75, 3.05) is 33.7 Å². The molecule has 2 aliphatic rings. The molecule has 2 unspecified atom stereocenters. The Hall–Kier alpha value is -0.820. The van der Waals surface area contributed by atoms with Gasteiger partial charge in [-0.05, 0) is 39.8 Å². The molecule has 0 spiro atoms. The summed E-state index contributed by atoms with van der Waals surface area (Å²) in [5, 5.41) is 2.79. The van der Waals surface area contributed by atoms with Crippen molar-refractivity contribution in [1.82, 2.24) is 15.1 Å². The highest BCUT2D eigenvalue weighted by Gasteiger charge is 2.43. The number of likely N-dealkylation sites (tertiary alicyclic amines) is 1. The van der Waals surface area contributed by atoms with Crippen LogP contribution in [-0.4, -0.2) is 67.7 Å². The number of amides is 1. The van der Waals surface area contributed by atoms with Crippen molar-refractivity contribution in [3.8, 4) is 0 Å². The van der Waals surface area contributed by atoms with Gasteiger partial charge in [-0.3, -0.25) is 4.79 Å². The Morgan fingerprint density at radius 3 is 2.19 bits per heavy atom. The largest absolute Gasteiger partial charge is 0.393 e. The van der Waals surface area contributed by atoms with E-state index in [1.807, 2.05) is 14.1 Å². The molecule has 0 aromatic heterocycles. The molecule has 0 aromatic carbocycles. The van der Waals surface area contributed by atoms with Crippen LogP contribution >= 0.6 is 0 Å². The Morgan fingerprint density at radius 2 is 1.76 bits per heavy atom. The van der Waals surface area contributed by atoms with Gasteiger partial charge in [0.25, 0.3) is 0 Å². The van der Waals surface area contributed by atoms with Gasteiger partial charge < -0.3 is 15.1 Å². The molecule has 0 bridgehead atoms. The SMILES string of the molecule is CN(C)C1CCN(C(=O)C2CCC(C(F)(F)F)CN2)CC1. The molecule has 122 valence electrons. The number of carbonyl (C=O) groups is 1. The van der Waals surface area contributed by atoms with Crippen LogP contribution in [0.2, 0.25) is 0 Å². The van der Waals surface area contributed by atoms with E-state index in [9.17, 15) is 18.0 Å². The molecule has 2 heterocycles. The topological polar surface area (TPSA) is 35.6 Å². The van der Waals surface area contributed by atoms with Gasteiger partial charge in [-0.15, -0.1) is 0 Å². The van der Waals surface area contributed by atoms with Crippen molar-refractivity contribution in [2.24, 2.45) is 5.92 Å². The Bertz CT molecular complexity index is 357. The lowest BCUT2D eigenvalue weighted by Crippen LogP contribution is -2.54. The highest BCUT2D eigenvalue weighted by molar-refractivity contribution is 5.82. The van der Waals surface area contributed by atoms with Gasteiger partial charge in [-0.2, -0.15) is 13.2 Å². The maximum absolute atomic E-state index is 12.6. The lowest BCUT2D eigenvalue weighted by atomic mass is 9.93. The predicted octanol–water partition coefficient (Wildman–Crippen LogP) is 1.47. The van der Waals surface area contributed by atoms with Gasteiger partial charge in [0.2, 0.25) is 5.91 Å². The lowest BCUT2D eigenvalue weighted by molar-refractivity contribution is -0.180. The number of alkyl halides is 3. The third-order valence-corrected chi connectivity index (χ3v) is 4.68. The molecular weight excluding hydrogens is 283 g/mol. The fraction of sp³-hybridized carbons (Fsp3) is 0.929. The average molecular weight is 307 g/mol. The summed E-state index contributed by atoms with van der Waals surface area (Å²) in [6, 6.07) is 0.0440. The van der Waals surface area contributed by atoms with Crippen molar-refractivity contribution in [2.45, 2.75) is 43.9 Å². The fourth-order valence-electron chi connectivity index (χ4n) is 3.17. The van der Waals surface area contributed by atoms with Crippen LogP contribution in [0.3, 0.4) is 0 Å². The Morgan fingerprint density at radius 1 is 1.14 bits per heavy atom. The van der Waals surface area contributed by atoms with E-state index in [-0.39, 0.29) is 25.3 Å². The van der Waals surface area contributed by atoms with Crippen LogP contribution in [0, 0.1) is 5.92 Å². The molecule has 2 fully saturated rings. The van der Waals surface area contributed by atoms with Gasteiger partial charge >= 0.3 is 6.18 Å². The van der Waals surface area contributed by atoms with E-state index in [0.29, 0.717) is 19.1 Å². The van der Waals surface area contributed by atoms with Crippen molar-refractivity contribution in [3.63, 3.8) is 0 Å². The number of halogens is 3. The smallest absolute Gasteiger partial charge is 0.341 e. The van der Waals surface area contributed by atoms with Gasteiger partial charge in [0.15, 0.2) is 0 Å². The molecule has 2 saturated heterocycles. The van der Waals surface area contributed by atoms with Crippen molar-refractivity contribution < 1.29 is 18.0 Å². The number of hydrogen-bond donors (Lipinski definition) is 1. The molecule has 0 radical (unpaired) electrons. The highest BCUT2D eigenvalue weighted by Crippen LogP contribution is 2.32. The van der Waals surface area contributed by atoms with E-state index < -0.39 is 18.1 Å². The van der Waals surface area contributed by atoms with E-state index in [0.717, 1.165) is 12.8 Å². The van der Waals surface area contributed by atoms with Gasteiger partial charge in [-0.1, -0.05) is 0 Å². The predicted molar refractivity (Wildman–Crippen MR) is 73.9 cm³/mol. The Kier molecular flexibility index (Phi) is 5.14. The molecule has 0 aliphatic carbocycles. The zero-order valence-electron chi connectivity index (χ0n) is 12.6. The van der Waals surface area contributed by atoms with Gasteiger partial charge in [0, 0.05) is 25.7 Å². The van der Waals surface area contributed by atoms with Crippen LogP contribution < -0.4 is 5.32 Å². The lowest BCUT2D eigenvalue weighted by Gasteiger charge is -2.38. The van der Waals surface area contributed by atoms with E-state index in [1.165, 1.54) is 0 Å². The molecule has 2 atom stereocenters. The van der Waals surface area contributed by atoms with Crippen LogP contribution in [-0.2, 0) is 4.79 Å². The van der Waals surface area contributed by atoms with E-state index in [2.05, 4.69) is 10.2 Å². The molecule has 2 aliphatic heterocycles. The Labute approximate surface area is 123 Å². The number of hydrogen-bond acceptors (Lipinski definition) is 3. The standard InChI is InChI=1S/C14H24F3N3O/c1-19(2)11-5-7-20(8-6-11)13(21)12-4-3-10(9-18-12)14(15,16)17/h10-12,18H,3-9H2,1-2H3. The van der Waals surface area contributed by atoms with Gasteiger partial charge in [0.05, 0.1) is 12.0 Å². The summed E-state index contributed by atoms with van der Waals surface area (Å²) in [6.45, 7) is 1.25. The molecule has 0 aromatic rings. The number of nitrogens with one attached hydrogen (secondary N) is 1. The summed E-state index contributed by atoms with van der Waals surface area (Å²) < 4.78 is 37.8. The third-order valence-electron chi connectivity index (χ3n) is 4.68. The zero-order valence-corrected chi connectivity index (χ0v) is 12.6. The van der Waals surface area contributed by atoms with Crippen molar-refractivity contribution in [1.29, 1.82) is 0 Å². The minimum absolute atomic E-state index is 0.0344. The van der Waals surface area contributed by atoms with Gasteiger partial charge in [0.1, 0.15) is 0 Å². The van der Waals surface area contributed by atoms with Crippen LogP contribution in [0.5, 0.6) is 0 Å².